The summed E-state index contributed by atoms with van der Waals surface area (Å²) in [6, 6.07) is 0. The molecule has 3 nitrogen and oxygen atoms in total. The van der Waals surface area contributed by atoms with E-state index in [2.05, 4.69) is 39.5 Å². The summed E-state index contributed by atoms with van der Waals surface area (Å²) in [5, 5.41) is 3.99. The first-order valence-corrected chi connectivity index (χ1v) is 6.49. The highest BCUT2D eigenvalue weighted by Gasteiger charge is 2.06. The van der Waals surface area contributed by atoms with Crippen molar-refractivity contribution in [1.82, 2.24) is 5.32 Å². The van der Waals surface area contributed by atoms with Gasteiger partial charge in [0.2, 0.25) is 0 Å². The van der Waals surface area contributed by atoms with Gasteiger partial charge in [-0.05, 0) is 42.7 Å². The number of hydrogen-bond donors (Lipinski definition) is 2. The Labute approximate surface area is 103 Å². The Morgan fingerprint density at radius 1 is 1.64 bits per heavy atom. The van der Waals surface area contributed by atoms with E-state index < -0.39 is 0 Å². The topological polar surface area (TPSA) is 50.4 Å². The van der Waals surface area contributed by atoms with E-state index in [9.17, 15) is 0 Å². The summed E-state index contributed by atoms with van der Waals surface area (Å²) < 4.78 is 0.944. The van der Waals surface area contributed by atoms with Gasteiger partial charge in [0.25, 0.3) is 0 Å². The number of thioether (sulfide) groups is 1. The molecule has 0 aliphatic heterocycles. The lowest BCUT2D eigenvalue weighted by Crippen LogP contribution is -2.23. The second-order valence-electron chi connectivity index (χ2n) is 2.57. The number of nitrogens with two attached hydrogens (primary N) is 1. The highest BCUT2D eigenvalue weighted by Crippen LogP contribution is 2.13. The molecule has 0 aliphatic rings. The van der Waals surface area contributed by atoms with Crippen LogP contribution in [0.25, 0.3) is 0 Å². The second-order valence-corrected chi connectivity index (χ2v) is 4.55. The number of nitrogens with one attached hydrogen (secondary N) is 1. The summed E-state index contributed by atoms with van der Waals surface area (Å²) in [6.07, 6.45) is 1.96. The van der Waals surface area contributed by atoms with Gasteiger partial charge in [-0.2, -0.15) is 0 Å². The number of nitrogens with zero attached hydrogens (tertiary/aromatic N) is 1. The average Bonchev–Trinajstić information content (AvgIpc) is 2.15. The van der Waals surface area contributed by atoms with Crippen LogP contribution in [0.5, 0.6) is 0 Å². The molecule has 0 fully saturated rings. The molecule has 0 atom stereocenters. The summed E-state index contributed by atoms with van der Waals surface area (Å²) in [6.45, 7) is 8.41. The Bertz CT molecular complexity index is 267. The van der Waals surface area contributed by atoms with E-state index in [1.807, 2.05) is 20.1 Å². The first kappa shape index (κ1) is 13.8. The molecule has 0 aromatic rings. The van der Waals surface area contributed by atoms with E-state index in [1.165, 1.54) is 0 Å². The predicted molar refractivity (Wildman–Crippen MR) is 74.7 cm³/mol. The Balaban J connectivity index is 4.72. The molecule has 5 heteroatoms. The van der Waals surface area contributed by atoms with Crippen LogP contribution < -0.4 is 11.1 Å². The molecule has 0 bridgehead atoms. The summed E-state index contributed by atoms with van der Waals surface area (Å²) in [5.41, 5.74) is 6.46. The van der Waals surface area contributed by atoms with Crippen molar-refractivity contribution in [3.8, 4) is 0 Å². The molecule has 14 heavy (non-hydrogen) atoms. The zero-order valence-corrected chi connectivity index (χ0v) is 11.7. The lowest BCUT2D eigenvalue weighted by atomic mass is 10.4. The Hall–Kier alpha value is -0.170. The van der Waals surface area contributed by atoms with Crippen molar-refractivity contribution in [2.45, 2.75) is 13.8 Å². The highest BCUT2D eigenvalue weighted by atomic mass is 127. The molecule has 0 saturated heterocycles. The molecule has 0 spiro atoms. The van der Waals surface area contributed by atoms with Gasteiger partial charge in [-0.25, -0.2) is 0 Å². The normalized spacial score (nSPS) is 13.6. The van der Waals surface area contributed by atoms with Gasteiger partial charge in [0.1, 0.15) is 5.84 Å². The fraction of sp³-hybridized carbons (Fsp3) is 0.444. The summed E-state index contributed by atoms with van der Waals surface area (Å²) >= 11 is 3.73. The van der Waals surface area contributed by atoms with E-state index >= 15 is 0 Å². The van der Waals surface area contributed by atoms with Crippen molar-refractivity contribution in [1.29, 1.82) is 0 Å². The van der Waals surface area contributed by atoms with E-state index in [0.29, 0.717) is 0 Å². The first-order chi connectivity index (χ1) is 6.52. The number of hydrogen-bond acceptors (Lipinski definition) is 3. The quantitative estimate of drug-likeness (QED) is 0.474. The standard InChI is InChI=1S/C9H16IN3S/c1-5-12-9(8(10)6(2)11)13-7(3)14-4/h3,5,11H2,1-2,4H3,(H,12,13)/b8-6+. The van der Waals surface area contributed by atoms with Crippen LogP contribution in [0.3, 0.4) is 0 Å². The smallest absolute Gasteiger partial charge is 0.141 e. The van der Waals surface area contributed by atoms with Crippen LogP contribution in [-0.2, 0) is 0 Å². The largest absolute Gasteiger partial charge is 0.401 e. The number of amidine groups is 1. The number of aliphatic imine (C=N–C) groups is 1. The Morgan fingerprint density at radius 3 is 2.57 bits per heavy atom. The minimum absolute atomic E-state index is 0.726. The van der Waals surface area contributed by atoms with Crippen molar-refractivity contribution in [3.63, 3.8) is 0 Å². The first-order valence-electron chi connectivity index (χ1n) is 4.19. The van der Waals surface area contributed by atoms with E-state index in [4.69, 9.17) is 5.73 Å². The lowest BCUT2D eigenvalue weighted by molar-refractivity contribution is 1.09. The van der Waals surface area contributed by atoms with Crippen molar-refractivity contribution in [2.75, 3.05) is 12.8 Å². The number of halogens is 1. The van der Waals surface area contributed by atoms with E-state index in [-0.39, 0.29) is 0 Å². The van der Waals surface area contributed by atoms with Crippen LogP contribution in [0.15, 0.2) is 25.9 Å². The fourth-order valence-electron chi connectivity index (χ4n) is 0.692. The lowest BCUT2D eigenvalue weighted by Gasteiger charge is -2.10. The van der Waals surface area contributed by atoms with E-state index in [0.717, 1.165) is 26.7 Å². The minimum atomic E-state index is 0.726. The van der Waals surface area contributed by atoms with Crippen molar-refractivity contribution >= 4 is 40.2 Å². The molecule has 0 unspecified atom stereocenters. The molecule has 0 rings (SSSR count). The molecule has 0 amide bonds. The van der Waals surface area contributed by atoms with Gasteiger partial charge in [0.15, 0.2) is 0 Å². The Kier molecular flexibility index (Phi) is 7.08. The van der Waals surface area contributed by atoms with Crippen LogP contribution in [0.1, 0.15) is 13.8 Å². The third kappa shape index (κ3) is 4.90. The zero-order chi connectivity index (χ0) is 11.1. The summed E-state index contributed by atoms with van der Waals surface area (Å²) in [5.74, 6) is 0.799. The van der Waals surface area contributed by atoms with Crippen molar-refractivity contribution in [2.24, 2.45) is 10.7 Å². The third-order valence-electron chi connectivity index (χ3n) is 1.37. The van der Waals surface area contributed by atoms with Gasteiger partial charge < -0.3 is 11.1 Å². The number of rotatable bonds is 4. The molecule has 80 valence electrons. The second kappa shape index (κ2) is 7.17. The maximum Gasteiger partial charge on any atom is 0.141 e. The van der Waals surface area contributed by atoms with Gasteiger partial charge in [0, 0.05) is 12.2 Å². The van der Waals surface area contributed by atoms with Gasteiger partial charge in [0.05, 0.1) is 8.61 Å². The van der Waals surface area contributed by atoms with Gasteiger partial charge in [-0.1, -0.05) is 6.58 Å². The maximum atomic E-state index is 5.70. The van der Waals surface area contributed by atoms with Crippen LogP contribution in [-0.4, -0.2) is 18.6 Å². The zero-order valence-electron chi connectivity index (χ0n) is 8.72. The molecule has 3 N–H and O–H groups in total. The molecule has 0 radical (unpaired) electrons. The highest BCUT2D eigenvalue weighted by molar-refractivity contribution is 14.1. The monoisotopic (exact) mass is 325 g/mol. The van der Waals surface area contributed by atoms with Gasteiger partial charge in [-0.3, -0.25) is 4.99 Å². The Morgan fingerprint density at radius 2 is 2.21 bits per heavy atom. The molecule has 0 aromatic carbocycles. The molecule has 0 heterocycles. The molecular formula is C9H16IN3S. The molecule has 0 saturated carbocycles. The van der Waals surface area contributed by atoms with Crippen LogP contribution in [0.2, 0.25) is 0 Å². The molecule has 0 aromatic heterocycles. The predicted octanol–water partition coefficient (Wildman–Crippen LogP) is 2.45. The van der Waals surface area contributed by atoms with Crippen LogP contribution >= 0.6 is 34.4 Å². The van der Waals surface area contributed by atoms with Crippen LogP contribution in [0, 0.1) is 0 Å². The van der Waals surface area contributed by atoms with Crippen molar-refractivity contribution in [3.05, 3.63) is 20.9 Å². The average molecular weight is 325 g/mol. The molecular weight excluding hydrogens is 309 g/mol. The SMILES string of the molecule is C=C(NC(=NCC)/C(I)=C(/C)N)SC. The minimum Gasteiger partial charge on any atom is -0.401 e. The van der Waals surface area contributed by atoms with Crippen LogP contribution in [0.4, 0.5) is 0 Å². The van der Waals surface area contributed by atoms with Gasteiger partial charge in [-0.15, -0.1) is 11.8 Å². The number of allylic oxidation sites excluding steroid dienone is 1. The molecule has 0 aliphatic carbocycles. The third-order valence-corrected chi connectivity index (χ3v) is 3.33. The van der Waals surface area contributed by atoms with E-state index in [1.54, 1.807) is 11.8 Å². The fourth-order valence-corrected chi connectivity index (χ4v) is 1.20. The summed E-state index contributed by atoms with van der Waals surface area (Å²) in [4.78, 5) is 4.32. The van der Waals surface area contributed by atoms with Crippen molar-refractivity contribution < 1.29 is 0 Å². The van der Waals surface area contributed by atoms with Gasteiger partial charge >= 0.3 is 0 Å². The maximum absolute atomic E-state index is 5.70. The summed E-state index contributed by atoms with van der Waals surface area (Å²) in [7, 11) is 0.